The number of carbonyl (C=O) groups excluding carboxylic acids is 3. The molecule has 1 aliphatic heterocycles. The third-order valence-corrected chi connectivity index (χ3v) is 6.35. The zero-order chi connectivity index (χ0) is 24.0. The molecular weight excluding hydrogens is 448 g/mol. The summed E-state index contributed by atoms with van der Waals surface area (Å²) in [6.45, 7) is 7.82. The summed E-state index contributed by atoms with van der Waals surface area (Å²) in [5.41, 5.74) is 1.44. The fraction of sp³-hybridized carbons (Fsp3) is 0.435. The van der Waals surface area contributed by atoms with Gasteiger partial charge >= 0.3 is 5.97 Å². The number of methoxy groups -OCH3 is 1. The molecule has 0 radical (unpaired) electrons. The maximum absolute atomic E-state index is 12.9. The highest BCUT2D eigenvalue weighted by Crippen LogP contribution is 2.34. The number of aryl methyl sites for hydroxylation is 1. The van der Waals surface area contributed by atoms with Crippen molar-refractivity contribution in [3.63, 3.8) is 0 Å². The third-order valence-electron chi connectivity index (χ3n) is 5.22. The molecule has 0 unspecified atom stereocenters. The molecule has 178 valence electrons. The average molecular weight is 477 g/mol. The van der Waals surface area contributed by atoms with Gasteiger partial charge in [0.1, 0.15) is 5.00 Å². The van der Waals surface area contributed by atoms with E-state index in [1.807, 2.05) is 20.8 Å². The van der Waals surface area contributed by atoms with Crippen LogP contribution in [0.15, 0.2) is 18.2 Å². The van der Waals surface area contributed by atoms with E-state index in [9.17, 15) is 14.4 Å². The molecule has 0 atom stereocenters. The molecule has 1 aromatic carbocycles. The van der Waals surface area contributed by atoms with Gasteiger partial charge in [-0.3, -0.25) is 9.59 Å². The first kappa shape index (κ1) is 24.5. The number of amides is 2. The van der Waals surface area contributed by atoms with Gasteiger partial charge in [0.05, 0.1) is 32.5 Å². The van der Waals surface area contributed by atoms with Crippen LogP contribution in [0.25, 0.3) is 0 Å². The topological polar surface area (TPSA) is 103 Å². The zero-order valence-electron chi connectivity index (χ0n) is 19.2. The number of morpholine rings is 1. The van der Waals surface area contributed by atoms with Crippen LogP contribution in [0.1, 0.15) is 38.1 Å². The van der Waals surface area contributed by atoms with Gasteiger partial charge in [-0.1, -0.05) is 0 Å². The Kier molecular flexibility index (Phi) is 8.29. The summed E-state index contributed by atoms with van der Waals surface area (Å²) in [5, 5.41) is 3.22. The van der Waals surface area contributed by atoms with E-state index in [0.29, 0.717) is 60.5 Å². The number of hydrogen-bond acceptors (Lipinski definition) is 8. The number of hydrogen-bond donors (Lipinski definition) is 1. The summed E-state index contributed by atoms with van der Waals surface area (Å²) >= 11 is 1.31. The molecule has 0 aliphatic carbocycles. The molecule has 2 heterocycles. The Labute approximate surface area is 196 Å². The lowest BCUT2D eigenvalue weighted by molar-refractivity contribution is -0.137. The van der Waals surface area contributed by atoms with Crippen molar-refractivity contribution < 1.29 is 33.3 Å². The Morgan fingerprint density at radius 3 is 2.52 bits per heavy atom. The van der Waals surface area contributed by atoms with E-state index in [1.54, 1.807) is 23.1 Å². The molecular formula is C23H28N2O7S. The van der Waals surface area contributed by atoms with Gasteiger partial charge in [0.25, 0.3) is 11.8 Å². The Bertz CT molecular complexity index is 1030. The lowest BCUT2D eigenvalue weighted by atomic mass is 10.1. The second-order valence-electron chi connectivity index (χ2n) is 7.31. The van der Waals surface area contributed by atoms with Crippen LogP contribution in [-0.4, -0.2) is 69.3 Å². The van der Waals surface area contributed by atoms with Crippen LogP contribution in [-0.2, 0) is 14.3 Å². The minimum atomic E-state index is -0.504. The van der Waals surface area contributed by atoms with Gasteiger partial charge < -0.3 is 29.2 Å². The summed E-state index contributed by atoms with van der Waals surface area (Å²) in [6, 6.07) is 4.73. The number of ether oxygens (including phenoxy) is 4. The molecule has 1 aromatic heterocycles. The normalized spacial score (nSPS) is 13.4. The van der Waals surface area contributed by atoms with E-state index in [1.165, 1.54) is 18.4 Å². The fourth-order valence-electron chi connectivity index (χ4n) is 3.32. The summed E-state index contributed by atoms with van der Waals surface area (Å²) in [5.74, 6) is -0.324. The lowest BCUT2D eigenvalue weighted by Crippen LogP contribution is -2.43. The molecule has 1 aliphatic rings. The number of rotatable bonds is 8. The van der Waals surface area contributed by atoms with Gasteiger partial charge in [-0.25, -0.2) is 4.79 Å². The van der Waals surface area contributed by atoms with Crippen LogP contribution >= 0.6 is 11.3 Å². The number of benzene rings is 1. The molecule has 2 amide bonds. The first-order valence-electron chi connectivity index (χ1n) is 10.6. The van der Waals surface area contributed by atoms with Crippen LogP contribution in [0.5, 0.6) is 11.5 Å². The first-order chi connectivity index (χ1) is 15.8. The second kappa shape index (κ2) is 11.2. The van der Waals surface area contributed by atoms with Crippen molar-refractivity contribution in [1.29, 1.82) is 0 Å². The van der Waals surface area contributed by atoms with Crippen molar-refractivity contribution in [3.8, 4) is 11.5 Å². The molecule has 1 fully saturated rings. The predicted octanol–water partition coefficient (Wildman–Crippen LogP) is 3.04. The van der Waals surface area contributed by atoms with Crippen molar-refractivity contribution in [2.45, 2.75) is 20.8 Å². The van der Waals surface area contributed by atoms with Gasteiger partial charge in [-0.2, -0.15) is 0 Å². The Morgan fingerprint density at radius 2 is 1.85 bits per heavy atom. The van der Waals surface area contributed by atoms with Crippen LogP contribution in [0.3, 0.4) is 0 Å². The average Bonchev–Trinajstić information content (AvgIpc) is 3.10. The van der Waals surface area contributed by atoms with Crippen molar-refractivity contribution >= 4 is 34.1 Å². The highest BCUT2D eigenvalue weighted by molar-refractivity contribution is 7.16. The number of thiophene rings is 1. The number of carbonyl (C=O) groups is 3. The van der Waals surface area contributed by atoms with Crippen LogP contribution in [0.4, 0.5) is 5.00 Å². The van der Waals surface area contributed by atoms with Crippen molar-refractivity contribution in [3.05, 3.63) is 39.8 Å². The Hall–Kier alpha value is -3.11. The molecule has 1 N–H and O–H groups in total. The fourth-order valence-corrected chi connectivity index (χ4v) is 4.36. The van der Waals surface area contributed by atoms with Gasteiger partial charge in [0, 0.05) is 23.5 Å². The maximum Gasteiger partial charge on any atom is 0.341 e. The number of nitrogens with one attached hydrogen (secondary N) is 1. The molecule has 33 heavy (non-hydrogen) atoms. The Morgan fingerprint density at radius 1 is 1.12 bits per heavy atom. The van der Waals surface area contributed by atoms with Gasteiger partial charge in [0.2, 0.25) is 0 Å². The van der Waals surface area contributed by atoms with Crippen LogP contribution in [0, 0.1) is 13.8 Å². The minimum Gasteiger partial charge on any atom is -0.490 e. The van der Waals surface area contributed by atoms with Crippen molar-refractivity contribution in [1.82, 2.24) is 4.90 Å². The summed E-state index contributed by atoms with van der Waals surface area (Å²) < 4.78 is 21.4. The van der Waals surface area contributed by atoms with Crippen molar-refractivity contribution in [2.24, 2.45) is 0 Å². The van der Waals surface area contributed by atoms with E-state index < -0.39 is 11.9 Å². The third kappa shape index (κ3) is 5.82. The van der Waals surface area contributed by atoms with E-state index in [0.717, 1.165) is 10.4 Å². The summed E-state index contributed by atoms with van der Waals surface area (Å²) in [4.78, 5) is 40.0. The molecule has 10 heteroatoms. The van der Waals surface area contributed by atoms with Gasteiger partial charge in [-0.15, -0.1) is 11.3 Å². The molecule has 2 aromatic rings. The quantitative estimate of drug-likeness (QED) is 0.584. The summed E-state index contributed by atoms with van der Waals surface area (Å²) in [6.07, 6.45) is 0. The second-order valence-corrected chi connectivity index (χ2v) is 8.53. The van der Waals surface area contributed by atoms with E-state index in [2.05, 4.69) is 5.32 Å². The van der Waals surface area contributed by atoms with Crippen LogP contribution in [0.2, 0.25) is 0 Å². The molecule has 1 saturated heterocycles. The number of anilines is 1. The largest absolute Gasteiger partial charge is 0.490 e. The van der Waals surface area contributed by atoms with E-state index in [4.69, 9.17) is 18.9 Å². The minimum absolute atomic E-state index is 0.137. The SMILES string of the molecule is CCOc1cc(C(=O)Nc2sc(C)c(C)c2C(=O)OC)ccc1OCC(=O)N1CCOCC1. The van der Waals surface area contributed by atoms with E-state index in [-0.39, 0.29) is 12.5 Å². The standard InChI is InChI=1S/C23H28N2O7S/c1-5-31-18-12-16(6-7-17(18)32-13-19(26)25-8-10-30-11-9-25)21(27)24-22-20(23(28)29-4)14(2)15(3)33-22/h6-7,12H,5,8-11,13H2,1-4H3,(H,24,27). The first-order valence-corrected chi connectivity index (χ1v) is 11.4. The monoisotopic (exact) mass is 476 g/mol. The van der Waals surface area contributed by atoms with E-state index >= 15 is 0 Å². The molecule has 0 bridgehead atoms. The lowest BCUT2D eigenvalue weighted by Gasteiger charge is -2.26. The predicted molar refractivity (Wildman–Crippen MR) is 124 cm³/mol. The van der Waals surface area contributed by atoms with Gasteiger partial charge in [-0.05, 0) is 44.5 Å². The number of nitrogens with zero attached hydrogens (tertiary/aromatic N) is 1. The molecule has 3 rings (SSSR count). The molecule has 0 spiro atoms. The highest BCUT2D eigenvalue weighted by atomic mass is 32.1. The zero-order valence-corrected chi connectivity index (χ0v) is 20.0. The number of esters is 1. The van der Waals surface area contributed by atoms with Gasteiger partial charge in [0.15, 0.2) is 18.1 Å². The maximum atomic E-state index is 12.9. The van der Waals surface area contributed by atoms with Crippen LogP contribution < -0.4 is 14.8 Å². The smallest absolute Gasteiger partial charge is 0.341 e. The van der Waals surface area contributed by atoms with Crippen molar-refractivity contribution in [2.75, 3.05) is 51.9 Å². The molecule has 0 saturated carbocycles. The Balaban J connectivity index is 1.74. The summed E-state index contributed by atoms with van der Waals surface area (Å²) in [7, 11) is 1.30. The molecule has 9 nitrogen and oxygen atoms in total. The highest BCUT2D eigenvalue weighted by Gasteiger charge is 2.23.